The molecule has 1 amide bonds. The average Bonchev–Trinajstić information content (AvgIpc) is 3.45. The Balaban J connectivity index is 1.53. The molecule has 4 aromatic rings. The summed E-state index contributed by atoms with van der Waals surface area (Å²) < 4.78 is 7.30. The largest absolute Gasteiger partial charge is 0.370 e. The second-order valence-corrected chi connectivity index (χ2v) is 8.16. The number of hydrogen-bond acceptors (Lipinski definition) is 8. The van der Waals surface area contributed by atoms with E-state index in [0.717, 1.165) is 21.8 Å². The number of carbonyl (C=O) groups excluding carboxylic acids is 1. The summed E-state index contributed by atoms with van der Waals surface area (Å²) in [5.41, 5.74) is 7.36. The van der Waals surface area contributed by atoms with Crippen LogP contribution in [0.5, 0.6) is 0 Å². The highest BCUT2D eigenvalue weighted by atomic mass is 32.2. The Morgan fingerprint density at radius 3 is 2.86 bits per heavy atom. The normalized spacial score (nSPS) is 11.1. The van der Waals surface area contributed by atoms with Gasteiger partial charge in [-0.3, -0.25) is 4.79 Å². The number of aryl methyl sites for hydroxylation is 1. The maximum atomic E-state index is 11.3. The van der Waals surface area contributed by atoms with Crippen molar-refractivity contribution >= 4 is 29.0 Å². The lowest BCUT2D eigenvalue weighted by atomic mass is 10.1. The maximum Gasteiger partial charge on any atom is 0.237 e. The van der Waals surface area contributed by atoms with Crippen LogP contribution in [0.1, 0.15) is 17.9 Å². The van der Waals surface area contributed by atoms with Gasteiger partial charge >= 0.3 is 0 Å². The van der Waals surface area contributed by atoms with E-state index in [2.05, 4.69) is 20.3 Å². The van der Waals surface area contributed by atoms with Crippen LogP contribution in [0.4, 0.5) is 0 Å². The van der Waals surface area contributed by atoms with Crippen LogP contribution in [0.3, 0.4) is 0 Å². The second-order valence-electron chi connectivity index (χ2n) is 6.27. The Morgan fingerprint density at radius 1 is 1.24 bits per heavy atom. The van der Waals surface area contributed by atoms with Crippen molar-refractivity contribution in [3.05, 3.63) is 53.2 Å². The van der Waals surface area contributed by atoms with Crippen molar-refractivity contribution in [1.82, 2.24) is 24.9 Å². The third-order valence-electron chi connectivity index (χ3n) is 4.22. The van der Waals surface area contributed by atoms with Crippen molar-refractivity contribution in [2.45, 2.75) is 30.8 Å². The van der Waals surface area contributed by atoms with E-state index in [1.165, 1.54) is 11.8 Å². The van der Waals surface area contributed by atoms with E-state index in [1.54, 1.807) is 11.3 Å². The number of thioether (sulfide) groups is 1. The topological polar surface area (TPSA) is 113 Å². The summed E-state index contributed by atoms with van der Waals surface area (Å²) in [5.74, 6) is 1.85. The molecule has 29 heavy (non-hydrogen) atoms. The van der Waals surface area contributed by atoms with Crippen LogP contribution in [-0.2, 0) is 17.1 Å². The molecule has 0 saturated heterocycles. The van der Waals surface area contributed by atoms with Crippen LogP contribution in [0.25, 0.3) is 22.1 Å². The molecule has 3 aromatic heterocycles. The molecule has 4 rings (SSSR count). The van der Waals surface area contributed by atoms with Gasteiger partial charge in [0.05, 0.1) is 10.6 Å². The molecule has 0 unspecified atom stereocenters. The van der Waals surface area contributed by atoms with E-state index in [4.69, 9.17) is 10.3 Å². The van der Waals surface area contributed by atoms with E-state index in [1.807, 2.05) is 53.3 Å². The summed E-state index contributed by atoms with van der Waals surface area (Å²) >= 11 is 2.99. The highest BCUT2D eigenvalue weighted by Crippen LogP contribution is 2.29. The van der Waals surface area contributed by atoms with Crippen molar-refractivity contribution in [1.29, 1.82) is 0 Å². The van der Waals surface area contributed by atoms with E-state index in [9.17, 15) is 4.79 Å². The number of nitrogens with two attached hydrogens (primary N) is 1. The molecule has 10 heteroatoms. The number of aromatic nitrogens is 5. The molecule has 148 valence electrons. The van der Waals surface area contributed by atoms with Gasteiger partial charge in [-0.2, -0.15) is 4.98 Å². The summed E-state index contributed by atoms with van der Waals surface area (Å²) in [7, 11) is 0. The quantitative estimate of drug-likeness (QED) is 0.429. The Hall–Kier alpha value is -2.98. The van der Waals surface area contributed by atoms with Gasteiger partial charge < -0.3 is 14.8 Å². The van der Waals surface area contributed by atoms with E-state index in [0.29, 0.717) is 29.2 Å². The zero-order valence-electron chi connectivity index (χ0n) is 15.6. The number of hydrogen-bond donors (Lipinski definition) is 1. The third-order valence-corrected chi connectivity index (χ3v) is 6.04. The molecule has 0 atom stereocenters. The lowest BCUT2D eigenvalue weighted by Gasteiger charge is -2.07. The number of rotatable bonds is 8. The Labute approximate surface area is 175 Å². The fraction of sp³-hybridized carbons (Fsp3) is 0.211. The Morgan fingerprint density at radius 2 is 2.10 bits per heavy atom. The van der Waals surface area contributed by atoms with Crippen molar-refractivity contribution < 1.29 is 9.32 Å². The van der Waals surface area contributed by atoms with Gasteiger partial charge in [-0.1, -0.05) is 47.3 Å². The molecule has 8 nitrogen and oxygen atoms in total. The average molecular weight is 427 g/mol. The number of amides is 1. The molecule has 0 radical (unpaired) electrons. The lowest BCUT2D eigenvalue weighted by Crippen LogP contribution is -2.14. The Kier molecular flexibility index (Phi) is 5.72. The summed E-state index contributed by atoms with van der Waals surface area (Å²) in [6, 6.07) is 11.8. The molecule has 3 heterocycles. The molecular formula is C19H18N6O2S2. The fourth-order valence-electron chi connectivity index (χ4n) is 2.78. The van der Waals surface area contributed by atoms with Gasteiger partial charge in [0.25, 0.3) is 0 Å². The molecule has 0 spiro atoms. The first-order chi connectivity index (χ1) is 14.1. The monoisotopic (exact) mass is 426 g/mol. The first kappa shape index (κ1) is 19.3. The molecule has 0 aliphatic rings. The van der Waals surface area contributed by atoms with Gasteiger partial charge in [0.2, 0.25) is 17.6 Å². The summed E-state index contributed by atoms with van der Waals surface area (Å²) in [4.78, 5) is 16.7. The summed E-state index contributed by atoms with van der Waals surface area (Å²) in [6.07, 6.45) is 0.210. The highest BCUT2D eigenvalue weighted by molar-refractivity contribution is 7.98. The SMILES string of the molecule is Cc1ccccc1-c1noc(CSc2nnc(-c3cccs3)n2CCC(N)=O)n1. The van der Waals surface area contributed by atoms with Gasteiger partial charge in [-0.15, -0.1) is 21.5 Å². The molecule has 2 N–H and O–H groups in total. The number of carbonyl (C=O) groups is 1. The Bertz CT molecular complexity index is 1120. The van der Waals surface area contributed by atoms with E-state index in [-0.39, 0.29) is 12.3 Å². The molecule has 0 fully saturated rings. The van der Waals surface area contributed by atoms with Gasteiger partial charge in [0, 0.05) is 18.5 Å². The minimum absolute atomic E-state index is 0.210. The van der Waals surface area contributed by atoms with E-state index >= 15 is 0 Å². The van der Waals surface area contributed by atoms with Gasteiger partial charge in [-0.25, -0.2) is 0 Å². The number of benzene rings is 1. The second kappa shape index (κ2) is 8.58. The van der Waals surface area contributed by atoms with Crippen LogP contribution in [0, 0.1) is 6.92 Å². The first-order valence-corrected chi connectivity index (χ1v) is 10.7. The molecule has 1 aromatic carbocycles. The predicted molar refractivity (Wildman–Crippen MR) is 111 cm³/mol. The fourth-order valence-corrected chi connectivity index (χ4v) is 4.30. The van der Waals surface area contributed by atoms with Crippen molar-refractivity contribution in [3.8, 4) is 22.1 Å². The number of thiophene rings is 1. The third kappa shape index (κ3) is 4.38. The summed E-state index contributed by atoms with van der Waals surface area (Å²) in [5, 5.41) is 15.3. The van der Waals surface area contributed by atoms with Crippen molar-refractivity contribution in [2.75, 3.05) is 0 Å². The van der Waals surface area contributed by atoms with Crippen LogP contribution in [-0.4, -0.2) is 30.8 Å². The standard InChI is InChI=1S/C19H18N6O2S2/c1-12-5-2-3-6-13(12)17-21-16(27-24-17)11-29-19-23-22-18(14-7-4-10-28-14)25(19)9-8-15(20)26/h2-7,10H,8-9,11H2,1H3,(H2,20,26). The van der Waals surface area contributed by atoms with Crippen LogP contribution in [0.2, 0.25) is 0 Å². The molecule has 0 saturated carbocycles. The van der Waals surface area contributed by atoms with Gasteiger partial charge in [0.15, 0.2) is 11.0 Å². The predicted octanol–water partition coefficient (Wildman–Crippen LogP) is 3.53. The smallest absolute Gasteiger partial charge is 0.237 e. The molecule has 0 aliphatic heterocycles. The zero-order valence-corrected chi connectivity index (χ0v) is 17.2. The van der Waals surface area contributed by atoms with Crippen LogP contribution < -0.4 is 5.73 Å². The minimum atomic E-state index is -0.369. The summed E-state index contributed by atoms with van der Waals surface area (Å²) in [6.45, 7) is 2.42. The maximum absolute atomic E-state index is 11.3. The molecular weight excluding hydrogens is 408 g/mol. The number of primary amides is 1. The van der Waals surface area contributed by atoms with Crippen LogP contribution >= 0.6 is 23.1 Å². The zero-order chi connectivity index (χ0) is 20.2. The van der Waals surface area contributed by atoms with Crippen LogP contribution in [0.15, 0.2) is 51.5 Å². The van der Waals surface area contributed by atoms with Crippen molar-refractivity contribution in [2.24, 2.45) is 5.73 Å². The van der Waals surface area contributed by atoms with Crippen molar-refractivity contribution in [3.63, 3.8) is 0 Å². The molecule has 0 aliphatic carbocycles. The first-order valence-electron chi connectivity index (χ1n) is 8.88. The minimum Gasteiger partial charge on any atom is -0.370 e. The number of nitrogens with zero attached hydrogens (tertiary/aromatic N) is 5. The van der Waals surface area contributed by atoms with Gasteiger partial charge in [-0.05, 0) is 23.9 Å². The molecule has 0 bridgehead atoms. The highest BCUT2D eigenvalue weighted by Gasteiger charge is 2.17. The van der Waals surface area contributed by atoms with E-state index < -0.39 is 0 Å². The van der Waals surface area contributed by atoms with Gasteiger partial charge in [0.1, 0.15) is 0 Å². The lowest BCUT2D eigenvalue weighted by molar-refractivity contribution is -0.118.